The highest BCUT2D eigenvalue weighted by molar-refractivity contribution is 5.85. The van der Waals surface area contributed by atoms with Crippen LogP contribution in [0.1, 0.15) is 43.7 Å². The van der Waals surface area contributed by atoms with E-state index in [0.717, 1.165) is 12.8 Å². The summed E-state index contributed by atoms with van der Waals surface area (Å²) >= 11 is 0. The van der Waals surface area contributed by atoms with E-state index in [1.165, 1.54) is 11.1 Å². The van der Waals surface area contributed by atoms with Gasteiger partial charge >= 0.3 is 0 Å². The van der Waals surface area contributed by atoms with Crippen molar-refractivity contribution in [2.45, 2.75) is 44.6 Å². The molecule has 3 N–H and O–H groups in total. The Morgan fingerprint density at radius 3 is 2.20 bits per heavy atom. The van der Waals surface area contributed by atoms with Crippen molar-refractivity contribution < 1.29 is 4.79 Å². The second-order valence-corrected chi connectivity index (χ2v) is 6.67. The van der Waals surface area contributed by atoms with Crippen LogP contribution < -0.4 is 11.1 Å². The van der Waals surface area contributed by atoms with E-state index in [2.05, 4.69) is 29.6 Å². The van der Waals surface area contributed by atoms with Crippen molar-refractivity contribution in [3.63, 3.8) is 0 Å². The predicted molar refractivity (Wildman–Crippen MR) is 107 cm³/mol. The van der Waals surface area contributed by atoms with E-state index >= 15 is 0 Å². The molecule has 1 amide bonds. The number of benzene rings is 2. The summed E-state index contributed by atoms with van der Waals surface area (Å²) in [5.41, 5.74) is 7.83. The monoisotopic (exact) mass is 360 g/mol. The fraction of sp³-hybridized carbons (Fsp3) is 0.381. The van der Waals surface area contributed by atoms with Crippen LogP contribution in [-0.4, -0.2) is 18.0 Å². The van der Waals surface area contributed by atoms with Crippen molar-refractivity contribution in [3.8, 4) is 0 Å². The van der Waals surface area contributed by atoms with Gasteiger partial charge in [0.2, 0.25) is 5.91 Å². The van der Waals surface area contributed by atoms with Gasteiger partial charge in [-0.05, 0) is 30.9 Å². The molecule has 0 aliphatic heterocycles. The zero-order valence-electron chi connectivity index (χ0n) is 15.1. The van der Waals surface area contributed by atoms with E-state index in [4.69, 9.17) is 5.73 Å². The minimum absolute atomic E-state index is 0. The molecule has 0 aliphatic rings. The van der Waals surface area contributed by atoms with Gasteiger partial charge in [0.15, 0.2) is 0 Å². The molecule has 3 nitrogen and oxygen atoms in total. The molecule has 0 bridgehead atoms. The van der Waals surface area contributed by atoms with Crippen LogP contribution >= 0.6 is 12.4 Å². The maximum Gasteiger partial charge on any atom is 0.239 e. The van der Waals surface area contributed by atoms with Gasteiger partial charge in [-0.25, -0.2) is 0 Å². The Hall–Kier alpha value is -1.84. The summed E-state index contributed by atoms with van der Waals surface area (Å²) in [5.74, 6) is 0.160. The SMILES string of the molecule is CCCC(C)(N)C(=O)NCC(Cc1ccccc1)c1ccccc1.Cl. The maximum absolute atomic E-state index is 12.4. The summed E-state index contributed by atoms with van der Waals surface area (Å²) in [6.45, 7) is 4.44. The third kappa shape index (κ3) is 6.52. The van der Waals surface area contributed by atoms with Crippen LogP contribution in [-0.2, 0) is 11.2 Å². The molecule has 0 aliphatic carbocycles. The molecule has 0 saturated heterocycles. The van der Waals surface area contributed by atoms with E-state index in [1.807, 2.05) is 43.3 Å². The van der Waals surface area contributed by atoms with E-state index < -0.39 is 5.54 Å². The van der Waals surface area contributed by atoms with Crippen LogP contribution in [0.25, 0.3) is 0 Å². The molecular formula is C21H29ClN2O. The molecule has 0 fully saturated rings. The molecule has 2 unspecified atom stereocenters. The van der Waals surface area contributed by atoms with Crippen molar-refractivity contribution in [3.05, 3.63) is 71.8 Å². The number of nitrogens with two attached hydrogens (primary N) is 1. The second kappa shape index (κ2) is 10.2. The molecule has 0 aromatic heterocycles. The minimum Gasteiger partial charge on any atom is -0.354 e. The zero-order valence-corrected chi connectivity index (χ0v) is 15.9. The van der Waals surface area contributed by atoms with E-state index in [9.17, 15) is 4.79 Å². The van der Waals surface area contributed by atoms with Crippen molar-refractivity contribution >= 4 is 18.3 Å². The Morgan fingerprint density at radius 2 is 1.64 bits per heavy atom. The Morgan fingerprint density at radius 1 is 1.08 bits per heavy atom. The third-order valence-corrected chi connectivity index (χ3v) is 4.39. The summed E-state index contributed by atoms with van der Waals surface area (Å²) in [5, 5.41) is 3.06. The molecule has 2 aromatic carbocycles. The van der Waals surface area contributed by atoms with Gasteiger partial charge in [0.25, 0.3) is 0 Å². The maximum atomic E-state index is 12.4. The lowest BCUT2D eigenvalue weighted by Crippen LogP contribution is -2.52. The molecule has 2 atom stereocenters. The van der Waals surface area contributed by atoms with E-state index in [-0.39, 0.29) is 24.2 Å². The number of hydrogen-bond donors (Lipinski definition) is 2. The minimum atomic E-state index is -0.803. The lowest BCUT2D eigenvalue weighted by Gasteiger charge is -2.25. The van der Waals surface area contributed by atoms with Gasteiger partial charge in [-0.2, -0.15) is 0 Å². The van der Waals surface area contributed by atoms with Gasteiger partial charge in [-0.3, -0.25) is 4.79 Å². The number of halogens is 1. The Labute approximate surface area is 157 Å². The predicted octanol–water partition coefficient (Wildman–Crippen LogP) is 4.07. The van der Waals surface area contributed by atoms with Gasteiger partial charge in [-0.1, -0.05) is 74.0 Å². The number of rotatable bonds is 8. The molecule has 2 rings (SSSR count). The molecule has 0 spiro atoms. The first-order valence-electron chi connectivity index (χ1n) is 8.69. The van der Waals surface area contributed by atoms with Crippen LogP contribution in [0.4, 0.5) is 0 Å². The summed E-state index contributed by atoms with van der Waals surface area (Å²) in [6, 6.07) is 20.7. The lowest BCUT2D eigenvalue weighted by molar-refractivity contribution is -0.126. The smallest absolute Gasteiger partial charge is 0.239 e. The zero-order chi connectivity index (χ0) is 17.4. The average molecular weight is 361 g/mol. The number of nitrogens with one attached hydrogen (secondary N) is 1. The van der Waals surface area contributed by atoms with Gasteiger partial charge < -0.3 is 11.1 Å². The van der Waals surface area contributed by atoms with Crippen molar-refractivity contribution in [1.29, 1.82) is 0 Å². The van der Waals surface area contributed by atoms with E-state index in [1.54, 1.807) is 6.92 Å². The molecule has 0 saturated carbocycles. The summed E-state index contributed by atoms with van der Waals surface area (Å²) in [4.78, 5) is 12.4. The summed E-state index contributed by atoms with van der Waals surface area (Å²) in [6.07, 6.45) is 2.47. The van der Waals surface area contributed by atoms with Crippen molar-refractivity contribution in [2.24, 2.45) is 5.73 Å². The Balaban J connectivity index is 0.00000312. The van der Waals surface area contributed by atoms with Crippen molar-refractivity contribution in [2.75, 3.05) is 6.54 Å². The number of carbonyl (C=O) groups excluding carboxylic acids is 1. The molecule has 136 valence electrons. The number of hydrogen-bond acceptors (Lipinski definition) is 2. The van der Waals surface area contributed by atoms with Gasteiger partial charge in [0.05, 0.1) is 5.54 Å². The highest BCUT2D eigenvalue weighted by Gasteiger charge is 2.27. The fourth-order valence-electron chi connectivity index (χ4n) is 2.98. The fourth-order valence-corrected chi connectivity index (χ4v) is 2.98. The highest BCUT2D eigenvalue weighted by atomic mass is 35.5. The molecule has 25 heavy (non-hydrogen) atoms. The first kappa shape index (κ1) is 21.2. The summed E-state index contributed by atoms with van der Waals surface area (Å²) in [7, 11) is 0. The first-order chi connectivity index (χ1) is 11.5. The van der Waals surface area contributed by atoms with Gasteiger partial charge in [-0.15, -0.1) is 12.4 Å². The highest BCUT2D eigenvalue weighted by Crippen LogP contribution is 2.20. The Bertz CT molecular complexity index is 629. The van der Waals surface area contributed by atoms with Crippen LogP contribution in [0.15, 0.2) is 60.7 Å². The third-order valence-electron chi connectivity index (χ3n) is 4.39. The quantitative estimate of drug-likeness (QED) is 0.745. The molecule has 0 radical (unpaired) electrons. The van der Waals surface area contributed by atoms with E-state index in [0.29, 0.717) is 13.0 Å². The van der Waals surface area contributed by atoms with Crippen LogP contribution in [0.2, 0.25) is 0 Å². The average Bonchev–Trinajstić information content (AvgIpc) is 2.60. The van der Waals surface area contributed by atoms with Crippen LogP contribution in [0.3, 0.4) is 0 Å². The topological polar surface area (TPSA) is 55.1 Å². The number of amides is 1. The van der Waals surface area contributed by atoms with Crippen molar-refractivity contribution in [1.82, 2.24) is 5.32 Å². The number of carbonyl (C=O) groups is 1. The summed E-state index contributed by atoms with van der Waals surface area (Å²) < 4.78 is 0. The standard InChI is InChI=1S/C21H28N2O.ClH/c1-3-14-21(2,22)20(24)23-16-19(18-12-8-5-9-13-18)15-17-10-6-4-7-11-17;/h4-13,19H,3,14-16,22H2,1-2H3,(H,23,24);1H. The molecule has 0 heterocycles. The normalized spacial score (nSPS) is 14.0. The largest absolute Gasteiger partial charge is 0.354 e. The van der Waals surface area contributed by atoms with Crippen LogP contribution in [0, 0.1) is 0 Å². The Kier molecular flexibility index (Phi) is 8.67. The lowest BCUT2D eigenvalue weighted by atomic mass is 9.91. The molecular weight excluding hydrogens is 332 g/mol. The second-order valence-electron chi connectivity index (χ2n) is 6.67. The molecule has 4 heteroatoms. The van der Waals surface area contributed by atoms with Gasteiger partial charge in [0.1, 0.15) is 0 Å². The molecule has 2 aromatic rings. The van der Waals surface area contributed by atoms with Crippen LogP contribution in [0.5, 0.6) is 0 Å². The first-order valence-corrected chi connectivity index (χ1v) is 8.69. The van der Waals surface area contributed by atoms with Gasteiger partial charge in [0, 0.05) is 12.5 Å².